The van der Waals surface area contributed by atoms with E-state index in [0.29, 0.717) is 0 Å². The molecule has 0 atom stereocenters. The molecular formula is C64H43N. The van der Waals surface area contributed by atoms with Crippen LogP contribution in [0.2, 0.25) is 0 Å². The number of nitrogens with zero attached hydrogens (tertiary/aromatic N) is 1. The van der Waals surface area contributed by atoms with Crippen LogP contribution in [-0.2, 0) is 0 Å². The van der Waals surface area contributed by atoms with Crippen LogP contribution in [-0.4, -0.2) is 4.57 Å². The fraction of sp³-hybridized carbons (Fsp3) is 0. The minimum atomic E-state index is 1.14. The molecule has 0 fully saturated rings. The van der Waals surface area contributed by atoms with Crippen molar-refractivity contribution in [2.24, 2.45) is 0 Å². The number of hydrogen-bond acceptors (Lipinski definition) is 0. The standard InChI is InChI=1S/C64H43N/c1-3-10-44(11-4-1)46-18-22-48(23-19-46)50-26-30-52(31-27-50)56-36-40-63-61(42-56)62-43-57(53-32-28-51(29-33-53)49-24-20-47(21-25-49)45-12-5-2-6-13-45)37-41-64(62)65(63)58-38-34-55(35-39-58)60-17-9-15-54-14-7-8-16-59(54)60/h1-43H. The van der Waals surface area contributed by atoms with Crippen LogP contribution in [0.1, 0.15) is 0 Å². The highest BCUT2D eigenvalue weighted by atomic mass is 15.0. The van der Waals surface area contributed by atoms with Crippen molar-refractivity contribution in [1.82, 2.24) is 4.57 Å². The molecule has 0 bridgehead atoms. The predicted octanol–water partition coefficient (Wildman–Crippen LogP) is 17.6. The molecule has 0 saturated carbocycles. The van der Waals surface area contributed by atoms with Gasteiger partial charge >= 0.3 is 0 Å². The molecule has 12 rings (SSSR count). The maximum absolute atomic E-state index is 2.43. The first-order valence-electron chi connectivity index (χ1n) is 22.4. The van der Waals surface area contributed by atoms with Gasteiger partial charge in [0.05, 0.1) is 11.0 Å². The van der Waals surface area contributed by atoms with Crippen molar-refractivity contribution in [3.8, 4) is 83.6 Å². The highest BCUT2D eigenvalue weighted by molar-refractivity contribution is 6.12. The van der Waals surface area contributed by atoms with Gasteiger partial charge in [0.25, 0.3) is 0 Å². The predicted molar refractivity (Wildman–Crippen MR) is 276 cm³/mol. The van der Waals surface area contributed by atoms with Crippen LogP contribution < -0.4 is 0 Å². The van der Waals surface area contributed by atoms with Crippen LogP contribution >= 0.6 is 0 Å². The Morgan fingerprint density at radius 2 is 0.523 bits per heavy atom. The van der Waals surface area contributed by atoms with E-state index in [2.05, 4.69) is 265 Å². The van der Waals surface area contributed by atoms with Gasteiger partial charge in [-0.3, -0.25) is 0 Å². The Morgan fingerprint density at radius 1 is 0.200 bits per heavy atom. The van der Waals surface area contributed by atoms with Gasteiger partial charge in [0, 0.05) is 16.5 Å². The summed E-state index contributed by atoms with van der Waals surface area (Å²) in [5.74, 6) is 0. The summed E-state index contributed by atoms with van der Waals surface area (Å²) < 4.78 is 2.43. The van der Waals surface area contributed by atoms with Crippen molar-refractivity contribution in [2.45, 2.75) is 0 Å². The second-order valence-corrected chi connectivity index (χ2v) is 16.9. The number of benzene rings is 11. The van der Waals surface area contributed by atoms with Gasteiger partial charge < -0.3 is 4.57 Å². The second-order valence-electron chi connectivity index (χ2n) is 16.9. The zero-order valence-corrected chi connectivity index (χ0v) is 35.8. The van der Waals surface area contributed by atoms with Crippen LogP contribution in [0, 0.1) is 0 Å². The summed E-state index contributed by atoms with van der Waals surface area (Å²) in [4.78, 5) is 0. The van der Waals surface area contributed by atoms with E-state index in [1.807, 2.05) is 0 Å². The van der Waals surface area contributed by atoms with Crippen LogP contribution in [0.25, 0.3) is 116 Å². The van der Waals surface area contributed by atoms with E-state index in [-0.39, 0.29) is 0 Å². The molecule has 0 aliphatic carbocycles. The third-order valence-corrected chi connectivity index (χ3v) is 13.1. The zero-order chi connectivity index (χ0) is 43.1. The third-order valence-electron chi connectivity index (χ3n) is 13.1. The first-order valence-corrected chi connectivity index (χ1v) is 22.4. The van der Waals surface area contributed by atoms with Crippen molar-refractivity contribution in [3.05, 3.63) is 261 Å². The van der Waals surface area contributed by atoms with Gasteiger partial charge in [-0.2, -0.15) is 0 Å². The fourth-order valence-electron chi connectivity index (χ4n) is 9.61. The molecule has 0 radical (unpaired) electrons. The van der Waals surface area contributed by atoms with Gasteiger partial charge in [0.2, 0.25) is 0 Å². The Bertz CT molecular complexity index is 3430. The monoisotopic (exact) mass is 825 g/mol. The molecular weight excluding hydrogens is 783 g/mol. The smallest absolute Gasteiger partial charge is 0.0541 e. The first kappa shape index (κ1) is 38.2. The molecule has 0 aliphatic rings. The number of hydrogen-bond donors (Lipinski definition) is 0. The fourth-order valence-corrected chi connectivity index (χ4v) is 9.61. The van der Waals surface area contributed by atoms with Crippen molar-refractivity contribution >= 4 is 32.6 Å². The van der Waals surface area contributed by atoms with Crippen LogP contribution in [0.3, 0.4) is 0 Å². The van der Waals surface area contributed by atoms with Gasteiger partial charge in [-0.15, -0.1) is 0 Å². The van der Waals surface area contributed by atoms with Crippen molar-refractivity contribution < 1.29 is 0 Å². The van der Waals surface area contributed by atoms with Gasteiger partial charge in [0.1, 0.15) is 0 Å². The topological polar surface area (TPSA) is 4.93 Å². The van der Waals surface area contributed by atoms with Crippen LogP contribution in [0.5, 0.6) is 0 Å². The summed E-state index contributed by atoms with van der Waals surface area (Å²) in [5.41, 5.74) is 20.5. The van der Waals surface area contributed by atoms with E-state index < -0.39 is 0 Å². The first-order chi connectivity index (χ1) is 32.2. The molecule has 11 aromatic carbocycles. The average Bonchev–Trinajstić information content (AvgIpc) is 3.72. The van der Waals surface area contributed by atoms with E-state index in [1.54, 1.807) is 0 Å². The normalized spacial score (nSPS) is 11.4. The summed E-state index contributed by atoms with van der Waals surface area (Å²) in [7, 11) is 0. The quantitative estimate of drug-likeness (QED) is 0.144. The molecule has 0 unspecified atom stereocenters. The summed E-state index contributed by atoms with van der Waals surface area (Å²) in [6.45, 7) is 0. The Labute approximate surface area is 379 Å². The molecule has 0 N–H and O–H groups in total. The Hall–Kier alpha value is -8.52. The number of rotatable bonds is 8. The largest absolute Gasteiger partial charge is 0.309 e. The maximum atomic E-state index is 2.43. The Balaban J connectivity index is 0.912. The minimum Gasteiger partial charge on any atom is -0.309 e. The molecule has 1 nitrogen and oxygen atoms in total. The van der Waals surface area contributed by atoms with Gasteiger partial charge in [-0.1, -0.05) is 224 Å². The van der Waals surface area contributed by atoms with E-state index in [1.165, 1.54) is 110 Å². The molecule has 0 spiro atoms. The van der Waals surface area contributed by atoms with E-state index in [4.69, 9.17) is 0 Å². The van der Waals surface area contributed by atoms with Crippen LogP contribution in [0.15, 0.2) is 261 Å². The highest BCUT2D eigenvalue weighted by Crippen LogP contribution is 2.39. The van der Waals surface area contributed by atoms with Crippen molar-refractivity contribution in [2.75, 3.05) is 0 Å². The van der Waals surface area contributed by atoms with Crippen LogP contribution in [0.4, 0.5) is 0 Å². The molecule has 1 aromatic heterocycles. The lowest BCUT2D eigenvalue weighted by atomic mass is 9.96. The number of fused-ring (bicyclic) bond motifs is 4. The third kappa shape index (κ3) is 7.20. The SMILES string of the molecule is c1ccc(-c2ccc(-c3ccc(-c4ccc5c(c4)c4cc(-c6ccc(-c7ccc(-c8ccccc8)cc7)cc6)ccc4n5-c4ccc(-c5cccc6ccccc56)cc4)cc3)cc2)cc1. The molecule has 1 heteroatoms. The molecule has 12 aromatic rings. The highest BCUT2D eigenvalue weighted by Gasteiger charge is 2.16. The summed E-state index contributed by atoms with van der Waals surface area (Å²) in [6.07, 6.45) is 0. The summed E-state index contributed by atoms with van der Waals surface area (Å²) in [6, 6.07) is 95.1. The Morgan fingerprint density at radius 3 is 0.954 bits per heavy atom. The summed E-state index contributed by atoms with van der Waals surface area (Å²) >= 11 is 0. The molecule has 0 amide bonds. The molecule has 304 valence electrons. The zero-order valence-electron chi connectivity index (χ0n) is 35.8. The number of aromatic nitrogens is 1. The van der Waals surface area contributed by atoms with E-state index in [0.717, 1.165) is 5.69 Å². The van der Waals surface area contributed by atoms with Gasteiger partial charge in [-0.25, -0.2) is 0 Å². The molecule has 1 heterocycles. The second kappa shape index (κ2) is 16.3. The lowest BCUT2D eigenvalue weighted by molar-refractivity contribution is 1.18. The van der Waals surface area contributed by atoms with Gasteiger partial charge in [-0.05, 0) is 125 Å². The van der Waals surface area contributed by atoms with Gasteiger partial charge in [0.15, 0.2) is 0 Å². The molecule has 0 aliphatic heterocycles. The van der Waals surface area contributed by atoms with E-state index in [9.17, 15) is 0 Å². The van der Waals surface area contributed by atoms with Crippen molar-refractivity contribution in [1.29, 1.82) is 0 Å². The average molecular weight is 826 g/mol. The lowest BCUT2D eigenvalue weighted by Crippen LogP contribution is -1.94. The Kier molecular flexibility index (Phi) is 9.58. The summed E-state index contributed by atoms with van der Waals surface area (Å²) in [5, 5.41) is 4.98. The molecule has 65 heavy (non-hydrogen) atoms. The molecule has 0 saturated heterocycles. The minimum absolute atomic E-state index is 1.14. The maximum Gasteiger partial charge on any atom is 0.0541 e. The van der Waals surface area contributed by atoms with Crippen molar-refractivity contribution in [3.63, 3.8) is 0 Å². The van der Waals surface area contributed by atoms with E-state index >= 15 is 0 Å². The lowest BCUT2D eigenvalue weighted by Gasteiger charge is -2.11.